The minimum absolute atomic E-state index is 0.0289. The number of nitrogens with zero attached hydrogens (tertiary/aromatic N) is 1. The van der Waals surface area contributed by atoms with E-state index in [0.29, 0.717) is 0 Å². The number of ether oxygens (including phenoxy) is 1. The number of thiophene rings is 1. The molecule has 2 nitrogen and oxygen atoms in total. The normalized spacial score (nSPS) is 19.3. The van der Waals surface area contributed by atoms with Gasteiger partial charge in [0, 0.05) is 4.70 Å². The van der Waals surface area contributed by atoms with Crippen LogP contribution in [0.5, 0.6) is 0 Å². The summed E-state index contributed by atoms with van der Waals surface area (Å²) in [5.74, 6) is 0.744. The van der Waals surface area contributed by atoms with Gasteiger partial charge in [-0.1, -0.05) is 78.9 Å². The van der Waals surface area contributed by atoms with Crippen molar-refractivity contribution in [1.29, 1.82) is 0 Å². The van der Waals surface area contributed by atoms with Gasteiger partial charge < -0.3 is 4.74 Å². The maximum Gasteiger partial charge on any atom is 0.227 e. The monoisotopic (exact) mass is 355 g/mol. The molecule has 1 aliphatic heterocycles. The van der Waals surface area contributed by atoms with Crippen LogP contribution in [0.1, 0.15) is 28.1 Å². The fraction of sp³-hybridized carbons (Fsp3) is 0.0870. The molecule has 2 unspecified atom stereocenters. The van der Waals surface area contributed by atoms with Crippen molar-refractivity contribution < 1.29 is 4.74 Å². The summed E-state index contributed by atoms with van der Waals surface area (Å²) in [6, 6.07) is 31.3. The second kappa shape index (κ2) is 6.43. The van der Waals surface area contributed by atoms with Gasteiger partial charge in [-0.25, -0.2) is 4.99 Å². The van der Waals surface area contributed by atoms with Crippen LogP contribution in [-0.4, -0.2) is 5.90 Å². The molecule has 2 heterocycles. The smallest absolute Gasteiger partial charge is 0.227 e. The maximum absolute atomic E-state index is 6.39. The van der Waals surface area contributed by atoms with Crippen molar-refractivity contribution in [3.05, 3.63) is 107 Å². The SMILES string of the molecule is c1ccc(C2N=C(c3cc4ccccc4s3)OC2c2ccccc2)cc1. The van der Waals surface area contributed by atoms with Crippen LogP contribution in [-0.2, 0) is 4.74 Å². The molecule has 0 radical (unpaired) electrons. The summed E-state index contributed by atoms with van der Waals surface area (Å²) < 4.78 is 7.65. The lowest BCUT2D eigenvalue weighted by Gasteiger charge is -2.18. The average Bonchev–Trinajstić information content (AvgIpc) is 3.34. The van der Waals surface area contributed by atoms with Crippen molar-refractivity contribution in [2.75, 3.05) is 0 Å². The highest BCUT2D eigenvalue weighted by Crippen LogP contribution is 2.42. The standard InChI is InChI=1S/C23H17NOS/c1-3-9-16(10-4-1)21-22(17-11-5-2-6-12-17)25-23(24-21)20-15-18-13-7-8-14-19(18)26-20/h1-15,21-22H. The number of hydrogen-bond donors (Lipinski definition) is 0. The maximum atomic E-state index is 6.39. The summed E-state index contributed by atoms with van der Waals surface area (Å²) in [5, 5.41) is 1.23. The van der Waals surface area contributed by atoms with Gasteiger partial charge >= 0.3 is 0 Å². The molecule has 0 amide bonds. The summed E-state index contributed by atoms with van der Waals surface area (Å²) in [5.41, 5.74) is 2.33. The Kier molecular flexibility index (Phi) is 3.80. The number of benzene rings is 3. The van der Waals surface area contributed by atoms with Gasteiger partial charge in [0.25, 0.3) is 0 Å². The second-order valence-electron chi connectivity index (χ2n) is 6.39. The van der Waals surface area contributed by atoms with Crippen LogP contribution in [0.3, 0.4) is 0 Å². The molecule has 0 aliphatic carbocycles. The highest BCUT2D eigenvalue weighted by atomic mass is 32.1. The van der Waals surface area contributed by atoms with Gasteiger partial charge in [-0.3, -0.25) is 0 Å². The van der Waals surface area contributed by atoms with Crippen LogP contribution >= 0.6 is 11.3 Å². The summed E-state index contributed by atoms with van der Waals surface area (Å²) in [6.07, 6.45) is -0.0983. The molecular weight excluding hydrogens is 338 g/mol. The summed E-state index contributed by atoms with van der Waals surface area (Å²) >= 11 is 1.73. The van der Waals surface area contributed by atoms with Crippen LogP contribution < -0.4 is 0 Å². The van der Waals surface area contributed by atoms with E-state index >= 15 is 0 Å². The molecule has 0 bridgehead atoms. The molecule has 126 valence electrons. The quantitative estimate of drug-likeness (QED) is 0.431. The predicted octanol–water partition coefficient (Wildman–Crippen LogP) is 6.16. The molecule has 0 spiro atoms. The van der Waals surface area contributed by atoms with E-state index < -0.39 is 0 Å². The lowest BCUT2D eigenvalue weighted by Crippen LogP contribution is -2.08. The largest absolute Gasteiger partial charge is 0.466 e. The van der Waals surface area contributed by atoms with Gasteiger partial charge in [-0.15, -0.1) is 11.3 Å². The van der Waals surface area contributed by atoms with Crippen molar-refractivity contribution in [1.82, 2.24) is 0 Å². The van der Waals surface area contributed by atoms with Gasteiger partial charge in [0.15, 0.2) is 6.10 Å². The Labute approximate surface area is 156 Å². The third kappa shape index (κ3) is 2.71. The summed E-state index contributed by atoms with van der Waals surface area (Å²) in [7, 11) is 0. The molecule has 1 aliphatic rings. The first-order valence-corrected chi connectivity index (χ1v) is 9.53. The van der Waals surface area contributed by atoms with Crippen molar-refractivity contribution in [3.8, 4) is 0 Å². The zero-order chi connectivity index (χ0) is 17.3. The highest BCUT2D eigenvalue weighted by molar-refractivity contribution is 7.20. The van der Waals surface area contributed by atoms with Crippen LogP contribution in [0.2, 0.25) is 0 Å². The molecule has 3 aromatic carbocycles. The minimum Gasteiger partial charge on any atom is -0.466 e. The van der Waals surface area contributed by atoms with E-state index in [4.69, 9.17) is 9.73 Å². The molecule has 1 aromatic heterocycles. The predicted molar refractivity (Wildman–Crippen MR) is 108 cm³/mol. The second-order valence-corrected chi connectivity index (χ2v) is 7.47. The van der Waals surface area contributed by atoms with Gasteiger partial charge in [-0.2, -0.15) is 0 Å². The minimum atomic E-state index is -0.0983. The number of fused-ring (bicyclic) bond motifs is 1. The van der Waals surface area contributed by atoms with E-state index in [1.54, 1.807) is 11.3 Å². The lowest BCUT2D eigenvalue weighted by molar-refractivity contribution is 0.197. The van der Waals surface area contributed by atoms with E-state index in [1.807, 2.05) is 12.1 Å². The zero-order valence-electron chi connectivity index (χ0n) is 14.1. The third-order valence-electron chi connectivity index (χ3n) is 4.69. The molecule has 26 heavy (non-hydrogen) atoms. The van der Waals surface area contributed by atoms with E-state index in [9.17, 15) is 0 Å². The zero-order valence-corrected chi connectivity index (χ0v) is 14.9. The third-order valence-corrected chi connectivity index (χ3v) is 5.79. The van der Waals surface area contributed by atoms with Crippen molar-refractivity contribution in [2.45, 2.75) is 12.1 Å². The molecule has 0 N–H and O–H groups in total. The lowest BCUT2D eigenvalue weighted by atomic mass is 9.97. The van der Waals surface area contributed by atoms with Gasteiger partial charge in [-0.05, 0) is 28.6 Å². The fourth-order valence-corrected chi connectivity index (χ4v) is 4.41. The molecular formula is C23H17NOS. The summed E-state index contributed by atoms with van der Waals surface area (Å²) in [6.45, 7) is 0. The fourth-order valence-electron chi connectivity index (χ4n) is 3.41. The molecule has 0 fully saturated rings. The van der Waals surface area contributed by atoms with Gasteiger partial charge in [0.2, 0.25) is 5.90 Å². The van der Waals surface area contributed by atoms with Gasteiger partial charge in [0.05, 0.1) is 4.88 Å². The van der Waals surface area contributed by atoms with Crippen molar-refractivity contribution in [2.24, 2.45) is 4.99 Å². The first-order valence-electron chi connectivity index (χ1n) is 8.72. The summed E-state index contributed by atoms with van der Waals surface area (Å²) in [4.78, 5) is 6.07. The van der Waals surface area contributed by atoms with E-state index in [-0.39, 0.29) is 12.1 Å². The Hall–Kier alpha value is -2.91. The molecule has 2 atom stereocenters. The van der Waals surface area contributed by atoms with E-state index in [1.165, 1.54) is 15.6 Å². The topological polar surface area (TPSA) is 21.6 Å². The highest BCUT2D eigenvalue weighted by Gasteiger charge is 2.34. The molecule has 4 aromatic rings. The Morgan fingerprint density at radius 2 is 1.38 bits per heavy atom. The number of hydrogen-bond acceptors (Lipinski definition) is 3. The van der Waals surface area contributed by atoms with E-state index in [0.717, 1.165) is 16.3 Å². The van der Waals surface area contributed by atoms with Crippen LogP contribution in [0.15, 0.2) is 96.0 Å². The van der Waals surface area contributed by atoms with Crippen LogP contribution in [0, 0.1) is 0 Å². The first-order chi connectivity index (χ1) is 12.9. The van der Waals surface area contributed by atoms with E-state index in [2.05, 4.69) is 78.9 Å². The number of rotatable bonds is 3. The average molecular weight is 355 g/mol. The molecule has 0 saturated carbocycles. The van der Waals surface area contributed by atoms with Crippen molar-refractivity contribution in [3.63, 3.8) is 0 Å². The Bertz CT molecular complexity index is 1040. The molecule has 3 heteroatoms. The Balaban J connectivity index is 1.58. The number of aliphatic imine (C=N–C) groups is 1. The Morgan fingerprint density at radius 3 is 2.12 bits per heavy atom. The van der Waals surface area contributed by atoms with Crippen molar-refractivity contribution >= 4 is 27.3 Å². The van der Waals surface area contributed by atoms with Gasteiger partial charge in [0.1, 0.15) is 6.04 Å². The van der Waals surface area contributed by atoms with Crippen LogP contribution in [0.4, 0.5) is 0 Å². The molecule has 0 saturated heterocycles. The first kappa shape index (κ1) is 15.4. The van der Waals surface area contributed by atoms with Crippen LogP contribution in [0.25, 0.3) is 10.1 Å². The Morgan fingerprint density at radius 1 is 0.731 bits per heavy atom. The molecule has 5 rings (SSSR count).